The molecule has 0 heterocycles. The van der Waals surface area contributed by atoms with E-state index < -0.39 is 26.4 Å². The third-order valence-corrected chi connectivity index (χ3v) is 6.87. The molecule has 2 aromatic rings. The van der Waals surface area contributed by atoms with Crippen molar-refractivity contribution in [3.63, 3.8) is 0 Å². The molecule has 0 bridgehead atoms. The first-order valence-electron chi connectivity index (χ1n) is 7.90. The van der Waals surface area contributed by atoms with E-state index in [0.29, 0.717) is 6.42 Å². The zero-order chi connectivity index (χ0) is 17.1. The van der Waals surface area contributed by atoms with Gasteiger partial charge in [-0.05, 0) is 0 Å². The Balaban J connectivity index is 1.74. The number of ether oxygens (including phenoxy) is 1. The van der Waals surface area contributed by atoms with E-state index in [4.69, 9.17) is 9.84 Å². The van der Waals surface area contributed by atoms with Crippen LogP contribution in [0.5, 0.6) is 0 Å². The Morgan fingerprint density at radius 3 is 2.12 bits per heavy atom. The number of hydrogen-bond donors (Lipinski definition) is 1. The maximum atomic E-state index is 12.1. The van der Waals surface area contributed by atoms with Crippen molar-refractivity contribution in [3.05, 3.63) is 59.7 Å². The van der Waals surface area contributed by atoms with Gasteiger partial charge in [0.1, 0.15) is 0 Å². The summed E-state index contributed by atoms with van der Waals surface area (Å²) in [6.45, 7) is 2.05. The van der Waals surface area contributed by atoms with Crippen LogP contribution in [0.4, 0.5) is 4.79 Å². The minimum absolute atomic E-state index is 0.0208. The van der Waals surface area contributed by atoms with Gasteiger partial charge in [0.25, 0.3) is 0 Å². The van der Waals surface area contributed by atoms with Crippen LogP contribution in [0.3, 0.4) is 0 Å². The van der Waals surface area contributed by atoms with E-state index in [1.54, 1.807) is 6.92 Å². The second-order valence-electron chi connectivity index (χ2n) is 5.70. The number of carbonyl (C=O) groups is 2. The Morgan fingerprint density at radius 1 is 1.08 bits per heavy atom. The number of fused-ring (bicyclic) bond motifs is 3. The summed E-state index contributed by atoms with van der Waals surface area (Å²) < 4.78 is 4.52. The van der Waals surface area contributed by atoms with Gasteiger partial charge >= 0.3 is 147 Å². The Morgan fingerprint density at radius 2 is 1.62 bits per heavy atom. The molecule has 0 spiro atoms. The van der Waals surface area contributed by atoms with Crippen molar-refractivity contribution >= 4 is 26.5 Å². The molecule has 1 N–H and O–H groups in total. The third-order valence-electron chi connectivity index (χ3n) is 4.27. The zero-order valence-electron chi connectivity index (χ0n) is 13.3. The van der Waals surface area contributed by atoms with Gasteiger partial charge < -0.3 is 0 Å². The topological polar surface area (TPSA) is 63.6 Å². The van der Waals surface area contributed by atoms with Crippen LogP contribution in [0.1, 0.15) is 30.4 Å². The monoisotopic (exact) mass is 385 g/mol. The molecule has 1 atom stereocenters. The second-order valence-corrected chi connectivity index (χ2v) is 8.31. The molecular weight excluding hydrogens is 367 g/mol. The fourth-order valence-corrected chi connectivity index (χ4v) is 4.54. The first-order chi connectivity index (χ1) is 11.6. The molecule has 0 aromatic heterocycles. The van der Waals surface area contributed by atoms with E-state index in [9.17, 15) is 9.59 Å². The Hall–Kier alpha value is -2.06. The van der Waals surface area contributed by atoms with Gasteiger partial charge in [0.15, 0.2) is 0 Å². The van der Waals surface area contributed by atoms with Crippen molar-refractivity contribution < 1.29 is 19.4 Å². The number of carboxylic acid groups (broad SMARTS) is 1. The molecule has 0 unspecified atom stereocenters. The van der Waals surface area contributed by atoms with Gasteiger partial charge in [0.05, 0.1) is 0 Å². The van der Waals surface area contributed by atoms with Crippen molar-refractivity contribution in [2.24, 2.45) is 0 Å². The third kappa shape index (κ3) is 3.25. The Labute approximate surface area is 147 Å². The number of aliphatic carboxylic acids is 1. The average molecular weight is 385 g/mol. The van der Waals surface area contributed by atoms with Crippen LogP contribution in [-0.2, 0) is 9.53 Å². The van der Waals surface area contributed by atoms with Crippen molar-refractivity contribution in [1.29, 1.82) is 0 Å². The van der Waals surface area contributed by atoms with E-state index in [2.05, 4.69) is 24.3 Å². The van der Waals surface area contributed by atoms with E-state index in [1.807, 2.05) is 24.3 Å². The average Bonchev–Trinajstić information content (AvgIpc) is 2.91. The van der Waals surface area contributed by atoms with Gasteiger partial charge in [-0.15, -0.1) is 0 Å². The summed E-state index contributed by atoms with van der Waals surface area (Å²) in [6, 6.07) is 16.3. The molecular formula is C19H18AsO4. The number of hydrogen-bond acceptors (Lipinski definition) is 3. The van der Waals surface area contributed by atoms with Gasteiger partial charge in [-0.25, -0.2) is 0 Å². The summed E-state index contributed by atoms with van der Waals surface area (Å²) in [4.78, 5) is 23.1. The van der Waals surface area contributed by atoms with E-state index in [1.165, 1.54) is 11.1 Å². The Bertz CT molecular complexity index is 726. The SMILES string of the molecule is CC[C@H]([As]C(=O)OCC1c2ccccc2-c2ccccc21)C(=O)O. The van der Waals surface area contributed by atoms with Crippen LogP contribution >= 0.6 is 0 Å². The maximum absolute atomic E-state index is 12.1. The van der Waals surface area contributed by atoms with Crippen LogP contribution in [-0.4, -0.2) is 38.2 Å². The summed E-state index contributed by atoms with van der Waals surface area (Å²) >= 11 is -1.00. The molecule has 5 heteroatoms. The summed E-state index contributed by atoms with van der Waals surface area (Å²) in [6.07, 6.45) is 0.458. The minimum atomic E-state index is -1.00. The van der Waals surface area contributed by atoms with Crippen LogP contribution in [0, 0.1) is 0 Å². The standard InChI is InChI=1S/C19H18AsO4/c1-2-17(18(21)22)20-19(23)24-11-16-14-9-5-3-7-12(14)13-8-4-6-10-15(13)16/h3-10,16-17H,2,11H2,1H3,(H,21,22)/t17-/m0/s1. The fourth-order valence-electron chi connectivity index (χ4n) is 3.08. The van der Waals surface area contributed by atoms with E-state index >= 15 is 0 Å². The predicted octanol–water partition coefficient (Wildman–Crippen LogP) is 3.92. The molecule has 0 aliphatic heterocycles. The van der Waals surface area contributed by atoms with E-state index in [0.717, 1.165) is 11.1 Å². The first kappa shape index (κ1) is 16.8. The first-order valence-corrected chi connectivity index (χ1v) is 9.92. The molecule has 1 radical (unpaired) electrons. The van der Waals surface area contributed by atoms with Crippen molar-refractivity contribution in [3.8, 4) is 11.1 Å². The van der Waals surface area contributed by atoms with Gasteiger partial charge in [0, 0.05) is 0 Å². The molecule has 1 aliphatic rings. The summed E-state index contributed by atoms with van der Waals surface area (Å²) in [5, 5.41) is 9.08. The summed E-state index contributed by atoms with van der Waals surface area (Å²) in [7, 11) is 0. The zero-order valence-corrected chi connectivity index (χ0v) is 15.2. The molecule has 123 valence electrons. The Kier molecular flexibility index (Phi) is 5.05. The normalized spacial score (nSPS) is 14.4. The van der Waals surface area contributed by atoms with Gasteiger partial charge in [-0.3, -0.25) is 0 Å². The van der Waals surface area contributed by atoms with Crippen molar-refractivity contribution in [1.82, 2.24) is 0 Å². The molecule has 3 rings (SSSR count). The fraction of sp³-hybridized carbons (Fsp3) is 0.263. The van der Waals surface area contributed by atoms with Gasteiger partial charge in [-0.2, -0.15) is 0 Å². The molecule has 0 saturated carbocycles. The molecule has 0 fully saturated rings. The van der Waals surface area contributed by atoms with Crippen LogP contribution < -0.4 is 0 Å². The molecule has 24 heavy (non-hydrogen) atoms. The molecule has 4 nitrogen and oxygen atoms in total. The molecule has 0 saturated heterocycles. The van der Waals surface area contributed by atoms with E-state index in [-0.39, 0.29) is 17.3 Å². The summed E-state index contributed by atoms with van der Waals surface area (Å²) in [5.41, 5.74) is 4.68. The quantitative estimate of drug-likeness (QED) is 0.766. The molecule has 0 amide bonds. The summed E-state index contributed by atoms with van der Waals surface area (Å²) in [5.74, 6) is -0.890. The molecule has 2 aromatic carbocycles. The number of benzene rings is 2. The molecule has 1 aliphatic carbocycles. The van der Waals surface area contributed by atoms with Gasteiger partial charge in [-0.1, -0.05) is 0 Å². The van der Waals surface area contributed by atoms with Crippen molar-refractivity contribution in [2.75, 3.05) is 6.61 Å². The van der Waals surface area contributed by atoms with Gasteiger partial charge in [0.2, 0.25) is 0 Å². The number of carbonyl (C=O) groups excluding carboxylic acids is 1. The number of rotatable bonds is 6. The van der Waals surface area contributed by atoms with Crippen LogP contribution in [0.2, 0.25) is 4.71 Å². The number of carboxylic acids is 1. The second kappa shape index (κ2) is 7.23. The predicted molar refractivity (Wildman–Crippen MR) is 92.5 cm³/mol. The van der Waals surface area contributed by atoms with Crippen LogP contribution in [0.25, 0.3) is 11.1 Å². The van der Waals surface area contributed by atoms with Crippen molar-refractivity contribution in [2.45, 2.75) is 24.0 Å². The van der Waals surface area contributed by atoms with Crippen LogP contribution in [0.15, 0.2) is 48.5 Å².